The second kappa shape index (κ2) is 10.6. The van der Waals surface area contributed by atoms with Crippen molar-refractivity contribution in [2.24, 2.45) is 23.5 Å². The molecule has 1 aliphatic rings. The summed E-state index contributed by atoms with van der Waals surface area (Å²) in [6.07, 6.45) is 11.1. The molecular weight excluding hydrogens is 244 g/mol. The zero-order valence-corrected chi connectivity index (χ0v) is 14.2. The molecule has 1 saturated heterocycles. The second-order valence-corrected chi connectivity index (χ2v) is 7.15. The molecule has 2 unspecified atom stereocenters. The van der Waals surface area contributed by atoms with Gasteiger partial charge in [0, 0.05) is 0 Å². The molecule has 2 N–H and O–H groups in total. The average molecular weight is 283 g/mol. The van der Waals surface area contributed by atoms with Gasteiger partial charge >= 0.3 is 0 Å². The maximum atomic E-state index is 5.74. The van der Waals surface area contributed by atoms with E-state index in [1.54, 1.807) is 0 Å². The van der Waals surface area contributed by atoms with Crippen molar-refractivity contribution in [3.8, 4) is 0 Å². The van der Waals surface area contributed by atoms with Crippen molar-refractivity contribution in [2.75, 3.05) is 26.2 Å². The molecule has 0 spiro atoms. The number of hydrogen-bond acceptors (Lipinski definition) is 2. The summed E-state index contributed by atoms with van der Waals surface area (Å²) >= 11 is 0. The Morgan fingerprint density at radius 2 is 1.95 bits per heavy atom. The highest BCUT2D eigenvalue weighted by Crippen LogP contribution is 2.23. The van der Waals surface area contributed by atoms with Gasteiger partial charge in [-0.15, -0.1) is 0 Å². The van der Waals surface area contributed by atoms with Gasteiger partial charge in [-0.2, -0.15) is 0 Å². The average Bonchev–Trinajstić information content (AvgIpc) is 2.64. The number of nitrogens with zero attached hydrogens (tertiary/aromatic N) is 1. The molecule has 0 aromatic heterocycles. The molecule has 0 bridgehead atoms. The molecule has 0 aliphatic carbocycles. The molecule has 1 aliphatic heterocycles. The molecule has 1 rings (SSSR count). The van der Waals surface area contributed by atoms with E-state index in [9.17, 15) is 0 Å². The fourth-order valence-corrected chi connectivity index (χ4v) is 3.75. The van der Waals surface area contributed by atoms with Gasteiger partial charge in [0.2, 0.25) is 0 Å². The Balaban J connectivity index is 2.21. The van der Waals surface area contributed by atoms with Crippen LogP contribution in [0.25, 0.3) is 0 Å². The first kappa shape index (κ1) is 18.0. The quantitative estimate of drug-likeness (QED) is 0.683. The minimum atomic E-state index is 0.789. The molecule has 1 heterocycles. The minimum absolute atomic E-state index is 0.789. The van der Waals surface area contributed by atoms with E-state index in [1.165, 1.54) is 71.0 Å². The smallest absolute Gasteiger partial charge is 0.00161 e. The zero-order valence-electron chi connectivity index (χ0n) is 14.2. The summed E-state index contributed by atoms with van der Waals surface area (Å²) in [4.78, 5) is 2.72. The molecule has 0 saturated carbocycles. The van der Waals surface area contributed by atoms with Gasteiger partial charge in [0.15, 0.2) is 0 Å². The van der Waals surface area contributed by atoms with Crippen LogP contribution in [0.5, 0.6) is 0 Å². The number of rotatable bonds is 9. The van der Waals surface area contributed by atoms with Gasteiger partial charge in [0.25, 0.3) is 0 Å². The first-order valence-corrected chi connectivity index (χ1v) is 9.09. The lowest BCUT2D eigenvalue weighted by Gasteiger charge is -2.24. The van der Waals surface area contributed by atoms with E-state index in [4.69, 9.17) is 5.73 Å². The van der Waals surface area contributed by atoms with E-state index in [0.29, 0.717) is 0 Å². The van der Waals surface area contributed by atoms with Gasteiger partial charge < -0.3 is 10.6 Å². The lowest BCUT2D eigenvalue weighted by atomic mass is 9.88. The van der Waals surface area contributed by atoms with Crippen molar-refractivity contribution in [1.29, 1.82) is 0 Å². The van der Waals surface area contributed by atoms with Gasteiger partial charge in [-0.1, -0.05) is 33.6 Å². The molecule has 2 atom stereocenters. The summed E-state index contributed by atoms with van der Waals surface area (Å²) in [6.45, 7) is 11.9. The Morgan fingerprint density at radius 1 is 1.15 bits per heavy atom. The third kappa shape index (κ3) is 7.08. The van der Waals surface area contributed by atoms with Crippen molar-refractivity contribution in [3.63, 3.8) is 0 Å². The first-order chi connectivity index (χ1) is 9.67. The molecule has 0 radical (unpaired) electrons. The van der Waals surface area contributed by atoms with E-state index in [0.717, 1.165) is 24.3 Å². The monoisotopic (exact) mass is 282 g/mol. The Labute approximate surface area is 127 Å². The van der Waals surface area contributed by atoms with Crippen molar-refractivity contribution in [1.82, 2.24) is 4.90 Å². The maximum absolute atomic E-state index is 5.74. The van der Waals surface area contributed by atoms with Crippen molar-refractivity contribution >= 4 is 0 Å². The molecule has 2 heteroatoms. The van der Waals surface area contributed by atoms with Crippen molar-refractivity contribution in [3.05, 3.63) is 0 Å². The fourth-order valence-electron chi connectivity index (χ4n) is 3.75. The van der Waals surface area contributed by atoms with Gasteiger partial charge in [0.05, 0.1) is 0 Å². The number of likely N-dealkylation sites (tertiary alicyclic amines) is 1. The maximum Gasteiger partial charge on any atom is -0.00161 e. The number of nitrogens with two attached hydrogens (primary N) is 1. The molecule has 0 amide bonds. The highest BCUT2D eigenvalue weighted by atomic mass is 15.1. The highest BCUT2D eigenvalue weighted by Gasteiger charge is 2.17. The zero-order chi connectivity index (χ0) is 14.8. The van der Waals surface area contributed by atoms with E-state index in [1.807, 2.05) is 0 Å². The van der Waals surface area contributed by atoms with Gasteiger partial charge in [0.1, 0.15) is 0 Å². The van der Waals surface area contributed by atoms with Crippen molar-refractivity contribution < 1.29 is 0 Å². The topological polar surface area (TPSA) is 29.3 Å². The fraction of sp³-hybridized carbons (Fsp3) is 1.00. The third-order valence-electron chi connectivity index (χ3n) is 5.17. The summed E-state index contributed by atoms with van der Waals surface area (Å²) in [5.41, 5.74) is 5.74. The second-order valence-electron chi connectivity index (χ2n) is 7.15. The lowest BCUT2D eigenvalue weighted by molar-refractivity contribution is 0.251. The standard InChI is InChI=1S/C18H38N2/c1-4-7-17-8-5-13-20(15-11-17)14-6-9-18(10-12-19)16(2)3/h16-18H,4-15,19H2,1-3H3. The molecule has 1 fully saturated rings. The van der Waals surface area contributed by atoms with Crippen LogP contribution in [0.1, 0.15) is 72.1 Å². The Kier molecular flexibility index (Phi) is 9.54. The van der Waals surface area contributed by atoms with Gasteiger partial charge in [-0.3, -0.25) is 0 Å². The molecular formula is C18H38N2. The van der Waals surface area contributed by atoms with Crippen LogP contribution >= 0.6 is 0 Å². The van der Waals surface area contributed by atoms with Crippen LogP contribution in [-0.2, 0) is 0 Å². The van der Waals surface area contributed by atoms with Crippen LogP contribution < -0.4 is 5.73 Å². The Morgan fingerprint density at radius 3 is 2.60 bits per heavy atom. The van der Waals surface area contributed by atoms with Crippen molar-refractivity contribution in [2.45, 2.75) is 72.1 Å². The summed E-state index contributed by atoms with van der Waals surface area (Å²) < 4.78 is 0. The van der Waals surface area contributed by atoms with Crippen LogP contribution in [0.4, 0.5) is 0 Å². The van der Waals surface area contributed by atoms with E-state index in [-0.39, 0.29) is 0 Å². The van der Waals surface area contributed by atoms with E-state index in [2.05, 4.69) is 25.7 Å². The van der Waals surface area contributed by atoms with E-state index >= 15 is 0 Å². The molecule has 120 valence electrons. The Hall–Kier alpha value is -0.0800. The molecule has 0 aromatic carbocycles. The summed E-state index contributed by atoms with van der Waals surface area (Å²) in [5, 5.41) is 0. The normalized spacial score (nSPS) is 22.9. The minimum Gasteiger partial charge on any atom is -0.330 e. The van der Waals surface area contributed by atoms with Crippen LogP contribution in [0, 0.1) is 17.8 Å². The SMILES string of the molecule is CCCC1CCCN(CCCC(CCN)C(C)C)CC1. The first-order valence-electron chi connectivity index (χ1n) is 9.09. The number of hydrogen-bond donors (Lipinski definition) is 1. The third-order valence-corrected chi connectivity index (χ3v) is 5.17. The Bertz CT molecular complexity index is 227. The predicted octanol–water partition coefficient (Wildman–Crippen LogP) is 4.29. The summed E-state index contributed by atoms with van der Waals surface area (Å²) in [5.74, 6) is 2.63. The highest BCUT2D eigenvalue weighted by molar-refractivity contribution is 4.71. The van der Waals surface area contributed by atoms with Gasteiger partial charge in [-0.05, 0) is 82.5 Å². The molecule has 20 heavy (non-hydrogen) atoms. The summed E-state index contributed by atoms with van der Waals surface area (Å²) in [6, 6.07) is 0. The summed E-state index contributed by atoms with van der Waals surface area (Å²) in [7, 11) is 0. The van der Waals surface area contributed by atoms with Crippen LogP contribution in [0.3, 0.4) is 0 Å². The largest absolute Gasteiger partial charge is 0.330 e. The van der Waals surface area contributed by atoms with Gasteiger partial charge in [-0.25, -0.2) is 0 Å². The predicted molar refractivity (Wildman–Crippen MR) is 89.9 cm³/mol. The molecule has 0 aromatic rings. The van der Waals surface area contributed by atoms with E-state index < -0.39 is 0 Å². The van der Waals surface area contributed by atoms with Crippen LogP contribution in [0.2, 0.25) is 0 Å². The van der Waals surface area contributed by atoms with Crippen LogP contribution in [-0.4, -0.2) is 31.1 Å². The molecule has 2 nitrogen and oxygen atoms in total. The van der Waals surface area contributed by atoms with Crippen LogP contribution in [0.15, 0.2) is 0 Å². The lowest BCUT2D eigenvalue weighted by Crippen LogP contribution is -2.27.